The van der Waals surface area contributed by atoms with Crippen LogP contribution >= 0.6 is 0 Å². The molecule has 0 aromatic rings. The zero-order valence-corrected chi connectivity index (χ0v) is 11.1. The molecule has 0 heterocycles. The summed E-state index contributed by atoms with van der Waals surface area (Å²) in [6, 6.07) is 0.308. The lowest BCUT2D eigenvalue weighted by molar-refractivity contribution is -0.131. The van der Waals surface area contributed by atoms with Gasteiger partial charge in [0.05, 0.1) is 6.54 Å². The van der Waals surface area contributed by atoms with Crippen molar-refractivity contribution in [3.63, 3.8) is 0 Å². The van der Waals surface area contributed by atoms with Gasteiger partial charge in [0.15, 0.2) is 0 Å². The van der Waals surface area contributed by atoms with Gasteiger partial charge in [-0.1, -0.05) is 40.0 Å². The van der Waals surface area contributed by atoms with E-state index in [1.165, 1.54) is 19.3 Å². The highest BCUT2D eigenvalue weighted by Crippen LogP contribution is 2.17. The number of carbonyl (C=O) groups is 2. The summed E-state index contributed by atoms with van der Waals surface area (Å²) in [6.45, 7) is 5.59. The molecule has 17 heavy (non-hydrogen) atoms. The molecule has 1 aliphatic carbocycles. The van der Waals surface area contributed by atoms with Crippen LogP contribution in [-0.2, 0) is 9.59 Å². The molecule has 0 saturated heterocycles. The molecule has 4 nitrogen and oxygen atoms in total. The fourth-order valence-electron chi connectivity index (χ4n) is 1.95. The van der Waals surface area contributed by atoms with Gasteiger partial charge in [-0.3, -0.25) is 9.59 Å². The summed E-state index contributed by atoms with van der Waals surface area (Å²) in [5.74, 6) is -0.161. The van der Waals surface area contributed by atoms with E-state index in [4.69, 9.17) is 0 Å². The maximum Gasteiger partial charge on any atom is 0.239 e. The smallest absolute Gasteiger partial charge is 0.239 e. The second-order valence-electron chi connectivity index (χ2n) is 5.84. The summed E-state index contributed by atoms with van der Waals surface area (Å²) >= 11 is 0. The van der Waals surface area contributed by atoms with Gasteiger partial charge in [0.25, 0.3) is 0 Å². The van der Waals surface area contributed by atoms with Crippen molar-refractivity contribution in [1.29, 1.82) is 0 Å². The first-order valence-corrected chi connectivity index (χ1v) is 6.47. The highest BCUT2D eigenvalue weighted by atomic mass is 16.2. The molecular formula is C13H24N2O2. The van der Waals surface area contributed by atoms with Gasteiger partial charge in [-0.25, -0.2) is 0 Å². The molecule has 0 aromatic heterocycles. The van der Waals surface area contributed by atoms with Gasteiger partial charge in [0, 0.05) is 11.5 Å². The SMILES string of the molecule is CC(C)(C)C(=O)NCC(=O)NC1CCCCC1. The number of carbonyl (C=O) groups excluding carboxylic acids is 2. The zero-order chi connectivity index (χ0) is 12.9. The maximum absolute atomic E-state index is 11.6. The topological polar surface area (TPSA) is 58.2 Å². The summed E-state index contributed by atoms with van der Waals surface area (Å²) in [6.07, 6.45) is 5.80. The molecule has 0 spiro atoms. The van der Waals surface area contributed by atoms with Gasteiger partial charge in [-0.15, -0.1) is 0 Å². The number of amides is 2. The molecule has 98 valence electrons. The van der Waals surface area contributed by atoms with E-state index in [0.717, 1.165) is 12.8 Å². The molecule has 4 heteroatoms. The Hall–Kier alpha value is -1.06. The lowest BCUT2D eigenvalue weighted by Gasteiger charge is -2.23. The fraction of sp³-hybridized carbons (Fsp3) is 0.846. The predicted molar refractivity (Wildman–Crippen MR) is 67.5 cm³/mol. The van der Waals surface area contributed by atoms with E-state index < -0.39 is 5.41 Å². The number of hydrogen-bond donors (Lipinski definition) is 2. The lowest BCUT2D eigenvalue weighted by atomic mass is 9.95. The van der Waals surface area contributed by atoms with Crippen LogP contribution in [0.25, 0.3) is 0 Å². The minimum atomic E-state index is -0.439. The van der Waals surface area contributed by atoms with Crippen molar-refractivity contribution < 1.29 is 9.59 Å². The predicted octanol–water partition coefficient (Wildman–Crippen LogP) is 1.60. The third-order valence-corrected chi connectivity index (χ3v) is 3.06. The highest BCUT2D eigenvalue weighted by molar-refractivity contribution is 5.87. The summed E-state index contributed by atoms with van der Waals surface area (Å²) in [5.41, 5.74) is -0.439. The number of rotatable bonds is 3. The van der Waals surface area contributed by atoms with Gasteiger partial charge < -0.3 is 10.6 Å². The zero-order valence-electron chi connectivity index (χ0n) is 11.1. The van der Waals surface area contributed by atoms with Crippen molar-refractivity contribution in [2.24, 2.45) is 5.41 Å². The van der Waals surface area contributed by atoms with E-state index in [2.05, 4.69) is 10.6 Å². The van der Waals surface area contributed by atoms with E-state index in [1.54, 1.807) is 0 Å². The molecule has 1 fully saturated rings. The second kappa shape index (κ2) is 6.03. The van der Waals surface area contributed by atoms with Crippen molar-refractivity contribution in [3.05, 3.63) is 0 Å². The van der Waals surface area contributed by atoms with E-state index in [9.17, 15) is 9.59 Å². The molecule has 0 radical (unpaired) electrons. The Balaban J connectivity index is 2.23. The van der Waals surface area contributed by atoms with Crippen LogP contribution in [0.3, 0.4) is 0 Å². The third kappa shape index (κ3) is 5.20. The van der Waals surface area contributed by atoms with Gasteiger partial charge in [-0.05, 0) is 12.8 Å². The summed E-state index contributed by atoms with van der Waals surface area (Å²) < 4.78 is 0. The molecule has 0 atom stereocenters. The van der Waals surface area contributed by atoms with Crippen LogP contribution in [0.5, 0.6) is 0 Å². The molecular weight excluding hydrogens is 216 g/mol. The quantitative estimate of drug-likeness (QED) is 0.787. The van der Waals surface area contributed by atoms with Crippen molar-refractivity contribution in [1.82, 2.24) is 10.6 Å². The van der Waals surface area contributed by atoms with Crippen LogP contribution in [0, 0.1) is 5.41 Å². The van der Waals surface area contributed by atoms with Crippen molar-refractivity contribution in [3.8, 4) is 0 Å². The van der Waals surface area contributed by atoms with E-state index in [0.29, 0.717) is 6.04 Å². The first-order chi connectivity index (χ1) is 7.89. The van der Waals surface area contributed by atoms with Crippen molar-refractivity contribution in [2.75, 3.05) is 6.54 Å². The van der Waals surface area contributed by atoms with E-state index in [-0.39, 0.29) is 18.4 Å². The Morgan fingerprint density at radius 2 is 1.71 bits per heavy atom. The number of hydrogen-bond acceptors (Lipinski definition) is 2. The van der Waals surface area contributed by atoms with Gasteiger partial charge >= 0.3 is 0 Å². The molecule has 0 unspecified atom stereocenters. The Labute approximate surface area is 104 Å². The molecule has 1 aliphatic rings. The highest BCUT2D eigenvalue weighted by Gasteiger charge is 2.22. The first-order valence-electron chi connectivity index (χ1n) is 6.47. The second-order valence-corrected chi connectivity index (χ2v) is 5.84. The molecule has 0 aliphatic heterocycles. The largest absolute Gasteiger partial charge is 0.352 e. The van der Waals surface area contributed by atoms with Crippen molar-refractivity contribution >= 4 is 11.8 Å². The Morgan fingerprint density at radius 1 is 1.12 bits per heavy atom. The van der Waals surface area contributed by atoms with Crippen LogP contribution in [0.4, 0.5) is 0 Å². The summed E-state index contributed by atoms with van der Waals surface area (Å²) in [4.78, 5) is 23.2. The number of nitrogens with one attached hydrogen (secondary N) is 2. The van der Waals surface area contributed by atoms with E-state index >= 15 is 0 Å². The lowest BCUT2D eigenvalue weighted by Crippen LogP contribution is -2.45. The normalized spacial score (nSPS) is 17.6. The minimum absolute atomic E-state index is 0.0745. The Kier molecular flexibility index (Phi) is 4.97. The molecule has 1 rings (SSSR count). The van der Waals surface area contributed by atoms with E-state index in [1.807, 2.05) is 20.8 Å². The molecule has 2 amide bonds. The van der Waals surface area contributed by atoms with Gasteiger partial charge in [0.1, 0.15) is 0 Å². The third-order valence-electron chi connectivity index (χ3n) is 3.06. The summed E-state index contributed by atoms with van der Waals surface area (Å²) in [5, 5.41) is 5.63. The van der Waals surface area contributed by atoms with Crippen LogP contribution < -0.4 is 10.6 Å². The molecule has 2 N–H and O–H groups in total. The van der Waals surface area contributed by atoms with Crippen LogP contribution in [-0.4, -0.2) is 24.4 Å². The Morgan fingerprint density at radius 3 is 2.24 bits per heavy atom. The van der Waals surface area contributed by atoms with Crippen molar-refractivity contribution in [2.45, 2.75) is 58.9 Å². The average molecular weight is 240 g/mol. The standard InChI is InChI=1S/C13H24N2O2/c1-13(2,3)12(17)14-9-11(16)15-10-7-5-4-6-8-10/h10H,4-9H2,1-3H3,(H,14,17)(H,15,16). The fourth-order valence-corrected chi connectivity index (χ4v) is 1.95. The van der Waals surface area contributed by atoms with Crippen LogP contribution in [0.2, 0.25) is 0 Å². The average Bonchev–Trinajstić information content (AvgIpc) is 2.26. The first kappa shape index (κ1) is 14.0. The van der Waals surface area contributed by atoms with Gasteiger partial charge in [-0.2, -0.15) is 0 Å². The van der Waals surface area contributed by atoms with Gasteiger partial charge in [0.2, 0.25) is 11.8 Å². The monoisotopic (exact) mass is 240 g/mol. The van der Waals surface area contributed by atoms with Crippen LogP contribution in [0.1, 0.15) is 52.9 Å². The Bertz CT molecular complexity index is 276. The molecule has 0 aromatic carbocycles. The summed E-state index contributed by atoms with van der Waals surface area (Å²) in [7, 11) is 0. The van der Waals surface area contributed by atoms with Crippen LogP contribution in [0.15, 0.2) is 0 Å². The molecule has 1 saturated carbocycles. The minimum Gasteiger partial charge on any atom is -0.352 e. The molecule has 0 bridgehead atoms. The maximum atomic E-state index is 11.6.